The van der Waals surface area contributed by atoms with E-state index in [2.05, 4.69) is 0 Å². The van der Waals surface area contributed by atoms with Crippen molar-refractivity contribution in [1.82, 2.24) is 0 Å². The van der Waals surface area contributed by atoms with Crippen molar-refractivity contribution in [3.05, 3.63) is 82.4 Å². The minimum atomic E-state index is -5.36. The van der Waals surface area contributed by atoms with E-state index in [9.17, 15) is 40.5 Å². The van der Waals surface area contributed by atoms with Crippen molar-refractivity contribution in [3.63, 3.8) is 0 Å². The number of ether oxygens (including phenoxy) is 3. The van der Waals surface area contributed by atoms with E-state index in [0.717, 1.165) is 12.1 Å². The predicted molar refractivity (Wildman–Crippen MR) is 124 cm³/mol. The molecular formula is C25H18F6O6P+. The van der Waals surface area contributed by atoms with Gasteiger partial charge in [0, 0.05) is 0 Å². The van der Waals surface area contributed by atoms with E-state index in [1.165, 1.54) is 45.6 Å². The van der Waals surface area contributed by atoms with Crippen molar-refractivity contribution < 1.29 is 54.7 Å². The largest absolute Gasteiger partial charge is 0.496 e. The Morgan fingerprint density at radius 3 is 1.71 bits per heavy atom. The molecule has 0 heterocycles. The molecule has 0 spiro atoms. The first-order valence-corrected chi connectivity index (χ1v) is 11.8. The summed E-state index contributed by atoms with van der Waals surface area (Å²) in [6.07, 6.45) is -10.7. The number of alkyl halides is 6. The van der Waals surface area contributed by atoms with Crippen LogP contribution in [0.2, 0.25) is 0 Å². The third kappa shape index (κ3) is 5.35. The van der Waals surface area contributed by atoms with Gasteiger partial charge in [-0.3, -0.25) is 4.79 Å². The van der Waals surface area contributed by atoms with Crippen LogP contribution in [0, 0.1) is 0 Å². The van der Waals surface area contributed by atoms with Crippen LogP contribution in [0.1, 0.15) is 37.4 Å². The molecule has 0 bridgehead atoms. The van der Waals surface area contributed by atoms with Crippen molar-refractivity contribution in [2.75, 3.05) is 21.3 Å². The quantitative estimate of drug-likeness (QED) is 0.184. The van der Waals surface area contributed by atoms with E-state index in [4.69, 9.17) is 14.2 Å². The van der Waals surface area contributed by atoms with Crippen LogP contribution in [0.25, 0.3) is 0 Å². The summed E-state index contributed by atoms with van der Waals surface area (Å²) in [6, 6.07) is 8.52. The zero-order chi connectivity index (χ0) is 28.4. The molecule has 1 unspecified atom stereocenters. The van der Waals surface area contributed by atoms with Gasteiger partial charge in [0.1, 0.15) is 11.3 Å². The summed E-state index contributed by atoms with van der Waals surface area (Å²) in [5.41, 5.74) is -8.20. The maximum atomic E-state index is 13.6. The van der Waals surface area contributed by atoms with Gasteiger partial charge in [-0.2, -0.15) is 26.3 Å². The molecule has 38 heavy (non-hydrogen) atoms. The molecule has 0 N–H and O–H groups in total. The summed E-state index contributed by atoms with van der Waals surface area (Å²) in [7, 11) is 0.101. The van der Waals surface area contributed by atoms with Gasteiger partial charge >= 0.3 is 25.7 Å². The van der Waals surface area contributed by atoms with Crippen molar-refractivity contribution in [2.24, 2.45) is 0 Å². The van der Waals surface area contributed by atoms with Gasteiger partial charge in [-0.25, -0.2) is 4.79 Å². The Hall–Kier alpha value is -3.92. The van der Waals surface area contributed by atoms with E-state index in [1.54, 1.807) is 0 Å². The second kappa shape index (κ2) is 10.8. The molecule has 3 aromatic rings. The van der Waals surface area contributed by atoms with Crippen molar-refractivity contribution in [2.45, 2.75) is 12.4 Å². The van der Waals surface area contributed by atoms with Crippen LogP contribution in [0.5, 0.6) is 17.2 Å². The van der Waals surface area contributed by atoms with E-state index < -0.39 is 59.0 Å². The molecule has 200 valence electrons. The normalized spacial score (nSPS) is 12.1. The van der Waals surface area contributed by atoms with Crippen LogP contribution in [-0.2, 0) is 16.9 Å². The molecule has 0 aliphatic carbocycles. The molecule has 13 heteroatoms. The van der Waals surface area contributed by atoms with Crippen molar-refractivity contribution in [1.29, 1.82) is 0 Å². The van der Waals surface area contributed by atoms with Crippen LogP contribution in [0.4, 0.5) is 26.3 Å². The first-order valence-electron chi connectivity index (χ1n) is 10.5. The molecular weight excluding hydrogens is 541 g/mol. The number of methoxy groups -OCH3 is 3. The molecule has 0 saturated carbocycles. The third-order valence-electron chi connectivity index (χ3n) is 5.40. The highest BCUT2D eigenvalue weighted by Crippen LogP contribution is 2.44. The molecule has 0 saturated heterocycles. The lowest BCUT2D eigenvalue weighted by molar-refractivity contribution is -0.143. The van der Waals surface area contributed by atoms with Gasteiger partial charge in [0.05, 0.1) is 43.6 Å². The van der Waals surface area contributed by atoms with Crippen LogP contribution in [0.3, 0.4) is 0 Å². The smallest absolute Gasteiger partial charge is 0.459 e. The average Bonchev–Trinajstić information content (AvgIpc) is 2.89. The van der Waals surface area contributed by atoms with Crippen molar-refractivity contribution in [3.8, 4) is 17.2 Å². The van der Waals surface area contributed by atoms with Gasteiger partial charge in [0.15, 0.2) is 11.5 Å². The minimum absolute atomic E-state index is 0.0224. The molecule has 3 aromatic carbocycles. The first kappa shape index (κ1) is 28.6. The standard InChI is InChI=1S/C25H18F6O6P/c1-35-16-11-12-17(36-2)22(37-3)20(16)21(32)13-7-4-5-10-18(13)38(34)23(33)19-14(24(26,27)28)8-6-9-15(19)25(29,30)31/h4-12H,1-3H3/q+1. The topological polar surface area (TPSA) is 78.9 Å². The first-order chi connectivity index (χ1) is 17.8. The Kier molecular flexibility index (Phi) is 8.16. The second-order valence-corrected chi connectivity index (χ2v) is 9.02. The fraction of sp³-hybridized carbons (Fsp3) is 0.200. The Bertz CT molecular complexity index is 1380. The van der Waals surface area contributed by atoms with Gasteiger partial charge in [-0.15, -0.1) is 0 Å². The number of halogens is 6. The van der Waals surface area contributed by atoms with Gasteiger partial charge in [0.2, 0.25) is 11.1 Å². The summed E-state index contributed by atoms with van der Waals surface area (Å²) >= 11 is 0. The van der Waals surface area contributed by atoms with E-state index in [1.807, 2.05) is 0 Å². The van der Waals surface area contributed by atoms with Gasteiger partial charge in [0.25, 0.3) is 0 Å². The summed E-state index contributed by atoms with van der Waals surface area (Å²) < 4.78 is 111. The van der Waals surface area contributed by atoms with Gasteiger partial charge in [-0.1, -0.05) is 22.8 Å². The number of benzene rings is 3. The summed E-state index contributed by atoms with van der Waals surface area (Å²) in [4.78, 5) is 26.7. The lowest BCUT2D eigenvalue weighted by atomic mass is 10.0. The van der Waals surface area contributed by atoms with Gasteiger partial charge in [-0.05, 0) is 36.4 Å². The molecule has 3 rings (SSSR count). The Labute approximate surface area is 212 Å². The number of carbonyl (C=O) groups is 2. The number of carbonyl (C=O) groups excluding carboxylic acids is 2. The number of ketones is 1. The Morgan fingerprint density at radius 2 is 1.21 bits per heavy atom. The fourth-order valence-electron chi connectivity index (χ4n) is 3.74. The number of hydrogen-bond donors (Lipinski definition) is 0. The van der Waals surface area contributed by atoms with Crippen LogP contribution in [-0.4, -0.2) is 32.6 Å². The molecule has 0 aliphatic heterocycles. The van der Waals surface area contributed by atoms with Gasteiger partial charge < -0.3 is 14.2 Å². The molecule has 0 aliphatic rings. The molecule has 0 radical (unpaired) electrons. The zero-order valence-corrected chi connectivity index (χ0v) is 20.8. The summed E-state index contributed by atoms with van der Waals surface area (Å²) in [5, 5.41) is -0.575. The fourth-order valence-corrected chi connectivity index (χ4v) is 5.02. The second-order valence-electron chi connectivity index (χ2n) is 7.55. The third-order valence-corrected chi connectivity index (χ3v) is 6.82. The SMILES string of the molecule is COc1ccc(OC)c(C(=O)c2ccccc2[P+](=O)C(=O)c2c(C(F)(F)F)cccc2C(F)(F)F)c1OC. The maximum absolute atomic E-state index is 13.6. The van der Waals surface area contributed by atoms with Crippen LogP contribution < -0.4 is 19.5 Å². The highest BCUT2D eigenvalue weighted by Gasteiger charge is 2.49. The predicted octanol–water partition coefficient (Wildman–Crippen LogP) is 6.27. The van der Waals surface area contributed by atoms with Crippen molar-refractivity contribution >= 4 is 24.4 Å². The van der Waals surface area contributed by atoms with E-state index in [0.29, 0.717) is 6.07 Å². The Balaban J connectivity index is 2.23. The van der Waals surface area contributed by atoms with E-state index in [-0.39, 0.29) is 34.9 Å². The highest BCUT2D eigenvalue weighted by molar-refractivity contribution is 7.71. The molecule has 0 aromatic heterocycles. The molecule has 0 amide bonds. The van der Waals surface area contributed by atoms with Crippen LogP contribution in [0.15, 0.2) is 54.6 Å². The summed E-state index contributed by atoms with van der Waals surface area (Å²) in [6.45, 7) is 0. The lowest BCUT2D eigenvalue weighted by Crippen LogP contribution is -2.22. The average molecular weight is 559 g/mol. The molecule has 1 atom stereocenters. The highest BCUT2D eigenvalue weighted by atomic mass is 31.1. The monoisotopic (exact) mass is 559 g/mol. The zero-order valence-electron chi connectivity index (χ0n) is 19.9. The maximum Gasteiger partial charge on any atom is 0.459 e. The van der Waals surface area contributed by atoms with Crippen LogP contribution >= 0.6 is 7.80 Å². The Morgan fingerprint density at radius 1 is 0.684 bits per heavy atom. The minimum Gasteiger partial charge on any atom is -0.496 e. The number of hydrogen-bond acceptors (Lipinski definition) is 6. The molecule has 6 nitrogen and oxygen atoms in total. The number of rotatable bonds is 8. The van der Waals surface area contributed by atoms with E-state index >= 15 is 0 Å². The lowest BCUT2D eigenvalue weighted by Gasteiger charge is -2.16. The summed E-state index contributed by atoms with van der Waals surface area (Å²) in [5.74, 6) is -0.950. The molecule has 0 fully saturated rings.